The second-order valence-electron chi connectivity index (χ2n) is 8.90. The fraction of sp³-hybridized carbons (Fsp3) is 0.280. The van der Waals surface area contributed by atoms with Gasteiger partial charge >= 0.3 is 0 Å². The highest BCUT2D eigenvalue weighted by atomic mass is 32.2. The molecule has 196 valence electrons. The summed E-state index contributed by atoms with van der Waals surface area (Å²) in [6.45, 7) is 0.633. The summed E-state index contributed by atoms with van der Waals surface area (Å²) in [4.78, 5) is 15.1. The maximum absolute atomic E-state index is 13.6. The van der Waals surface area contributed by atoms with Gasteiger partial charge in [0.05, 0.1) is 17.4 Å². The molecule has 0 saturated carbocycles. The largest absolute Gasteiger partial charge is 0.339 e. The molecule has 12 heteroatoms. The van der Waals surface area contributed by atoms with Crippen molar-refractivity contribution in [2.45, 2.75) is 17.4 Å². The lowest BCUT2D eigenvalue weighted by Crippen LogP contribution is -2.56. The zero-order valence-corrected chi connectivity index (χ0v) is 22.0. The summed E-state index contributed by atoms with van der Waals surface area (Å²) >= 11 is 0. The molecule has 1 heterocycles. The minimum absolute atomic E-state index is 0.0508. The van der Waals surface area contributed by atoms with Gasteiger partial charge in [0, 0.05) is 26.2 Å². The van der Waals surface area contributed by atoms with E-state index in [0.29, 0.717) is 11.1 Å². The Hall–Kier alpha value is -3.32. The van der Waals surface area contributed by atoms with Gasteiger partial charge in [-0.25, -0.2) is 16.8 Å². The molecule has 1 fully saturated rings. The molecule has 1 atom stereocenters. The molecular weight excluding hydrogens is 514 g/mol. The van der Waals surface area contributed by atoms with Crippen LogP contribution in [0.25, 0.3) is 10.8 Å². The number of hydrogen-bond acceptors (Lipinski definition) is 7. The Labute approximate surface area is 216 Å². The van der Waals surface area contributed by atoms with Crippen LogP contribution < -0.4 is 10.6 Å². The number of fused-ring (bicyclic) bond motifs is 1. The van der Waals surface area contributed by atoms with E-state index in [2.05, 4.69) is 9.82 Å². The molecule has 0 bridgehead atoms. The summed E-state index contributed by atoms with van der Waals surface area (Å²) < 4.78 is 54.5. The van der Waals surface area contributed by atoms with Gasteiger partial charge in [-0.3, -0.25) is 4.79 Å². The standard InChI is InChI=1S/C25H29N5O5S2/c1-36(32,33)30-13-11-29(12-14-30)25(31)24(16-19-5-4-6-20(15-19)18-27-26)28-37(34,35)23-10-9-21-7-2-3-8-22(21)17-23/h2-10,15,17-18,24,28H,11-14,16,26H2,1H3. The molecule has 37 heavy (non-hydrogen) atoms. The zero-order chi connectivity index (χ0) is 26.6. The summed E-state index contributed by atoms with van der Waals surface area (Å²) in [7, 11) is -7.43. The number of piperazine rings is 1. The number of amides is 1. The first-order valence-corrected chi connectivity index (χ1v) is 15.0. The van der Waals surface area contributed by atoms with E-state index >= 15 is 0 Å². The molecule has 4 rings (SSSR count). The molecule has 1 unspecified atom stereocenters. The first kappa shape index (κ1) is 26.7. The minimum Gasteiger partial charge on any atom is -0.339 e. The van der Waals surface area contributed by atoms with Crippen molar-refractivity contribution in [1.82, 2.24) is 13.9 Å². The molecule has 3 aromatic carbocycles. The molecule has 0 aliphatic carbocycles. The van der Waals surface area contributed by atoms with E-state index in [4.69, 9.17) is 5.84 Å². The van der Waals surface area contributed by atoms with E-state index in [9.17, 15) is 21.6 Å². The van der Waals surface area contributed by atoms with Gasteiger partial charge in [0.15, 0.2) is 0 Å². The lowest BCUT2D eigenvalue weighted by molar-refractivity contribution is -0.134. The number of carbonyl (C=O) groups excluding carboxylic acids is 1. The molecule has 10 nitrogen and oxygen atoms in total. The number of sulfonamides is 2. The van der Waals surface area contributed by atoms with Crippen LogP contribution in [0, 0.1) is 0 Å². The van der Waals surface area contributed by atoms with Crippen molar-refractivity contribution >= 4 is 42.9 Å². The SMILES string of the molecule is CS(=O)(=O)N1CCN(C(=O)C(Cc2cccc(C=NN)c2)NS(=O)(=O)c2ccc3ccccc3c2)CC1. The molecule has 1 aliphatic rings. The van der Waals surface area contributed by atoms with Crippen molar-refractivity contribution in [3.8, 4) is 0 Å². The number of rotatable bonds is 8. The highest BCUT2D eigenvalue weighted by molar-refractivity contribution is 7.89. The fourth-order valence-corrected chi connectivity index (χ4v) is 6.40. The summed E-state index contributed by atoms with van der Waals surface area (Å²) in [5.41, 5.74) is 1.43. The van der Waals surface area contributed by atoms with Gasteiger partial charge in [-0.15, -0.1) is 0 Å². The van der Waals surface area contributed by atoms with Gasteiger partial charge in [-0.05, 0) is 40.5 Å². The maximum atomic E-state index is 13.6. The van der Waals surface area contributed by atoms with Gasteiger partial charge in [-0.2, -0.15) is 14.1 Å². The van der Waals surface area contributed by atoms with Gasteiger partial charge in [0.1, 0.15) is 6.04 Å². The highest BCUT2D eigenvalue weighted by Crippen LogP contribution is 2.20. The average Bonchev–Trinajstić information content (AvgIpc) is 2.87. The topological polar surface area (TPSA) is 142 Å². The number of nitrogens with zero attached hydrogens (tertiary/aromatic N) is 3. The van der Waals surface area contributed by atoms with Crippen molar-refractivity contribution in [2.75, 3.05) is 32.4 Å². The Bertz CT molecular complexity index is 1530. The molecule has 1 saturated heterocycles. The molecule has 0 spiro atoms. The number of nitrogens with one attached hydrogen (secondary N) is 1. The summed E-state index contributed by atoms with van der Waals surface area (Å²) in [5.74, 6) is 4.84. The number of carbonyl (C=O) groups is 1. The average molecular weight is 544 g/mol. The van der Waals surface area contributed by atoms with Crippen LogP contribution in [0.3, 0.4) is 0 Å². The fourth-order valence-electron chi connectivity index (χ4n) is 4.35. The molecule has 3 N–H and O–H groups in total. The Balaban J connectivity index is 1.62. The third-order valence-electron chi connectivity index (χ3n) is 6.26. The van der Waals surface area contributed by atoms with Gasteiger partial charge < -0.3 is 10.7 Å². The van der Waals surface area contributed by atoms with E-state index in [1.165, 1.54) is 21.5 Å². The van der Waals surface area contributed by atoms with Crippen LogP contribution >= 0.6 is 0 Å². The van der Waals surface area contributed by atoms with E-state index < -0.39 is 32.0 Å². The van der Waals surface area contributed by atoms with Crippen molar-refractivity contribution < 1.29 is 21.6 Å². The highest BCUT2D eigenvalue weighted by Gasteiger charge is 2.33. The van der Waals surface area contributed by atoms with Crippen LogP contribution in [0.1, 0.15) is 11.1 Å². The lowest BCUT2D eigenvalue weighted by Gasteiger charge is -2.35. The van der Waals surface area contributed by atoms with Gasteiger partial charge in [-0.1, -0.05) is 54.6 Å². The quantitative estimate of drug-likeness (QED) is 0.248. The monoisotopic (exact) mass is 543 g/mol. The molecule has 0 radical (unpaired) electrons. The van der Waals surface area contributed by atoms with Crippen LogP contribution in [0.5, 0.6) is 0 Å². The Morgan fingerprint density at radius 2 is 1.68 bits per heavy atom. The summed E-state index contributed by atoms with van der Waals surface area (Å²) in [6.07, 6.45) is 2.68. The third-order valence-corrected chi connectivity index (χ3v) is 9.03. The number of hydrazone groups is 1. The Kier molecular flexibility index (Phi) is 7.93. The molecule has 0 aromatic heterocycles. The van der Waals surface area contributed by atoms with Crippen molar-refractivity contribution in [1.29, 1.82) is 0 Å². The van der Waals surface area contributed by atoms with Crippen LogP contribution in [0.2, 0.25) is 0 Å². The van der Waals surface area contributed by atoms with E-state index in [-0.39, 0.29) is 37.5 Å². The molecule has 3 aromatic rings. The first-order chi connectivity index (χ1) is 17.6. The summed E-state index contributed by atoms with van der Waals surface area (Å²) in [5, 5.41) is 5.18. The number of hydrogen-bond donors (Lipinski definition) is 2. The van der Waals surface area contributed by atoms with Crippen molar-refractivity contribution in [3.05, 3.63) is 77.9 Å². The molecular formula is C25H29N5O5S2. The Morgan fingerprint density at radius 1 is 0.973 bits per heavy atom. The normalized spacial score (nSPS) is 16.3. The predicted octanol–water partition coefficient (Wildman–Crippen LogP) is 1.13. The first-order valence-electron chi connectivity index (χ1n) is 11.6. The minimum atomic E-state index is -4.06. The second kappa shape index (κ2) is 11.0. The van der Waals surface area contributed by atoms with Crippen molar-refractivity contribution in [3.63, 3.8) is 0 Å². The Morgan fingerprint density at radius 3 is 2.35 bits per heavy atom. The van der Waals surface area contributed by atoms with Crippen LogP contribution in [-0.2, 0) is 31.3 Å². The van der Waals surface area contributed by atoms with Gasteiger partial charge in [0.2, 0.25) is 26.0 Å². The van der Waals surface area contributed by atoms with Crippen molar-refractivity contribution in [2.24, 2.45) is 10.9 Å². The smallest absolute Gasteiger partial charge is 0.241 e. The van der Waals surface area contributed by atoms with E-state index in [1.807, 2.05) is 24.3 Å². The molecule has 1 amide bonds. The lowest BCUT2D eigenvalue weighted by atomic mass is 10.0. The van der Waals surface area contributed by atoms with Crippen LogP contribution in [0.4, 0.5) is 0 Å². The molecule has 1 aliphatic heterocycles. The maximum Gasteiger partial charge on any atom is 0.241 e. The number of benzene rings is 3. The number of nitrogens with two attached hydrogens (primary N) is 1. The zero-order valence-electron chi connectivity index (χ0n) is 20.3. The van der Waals surface area contributed by atoms with Gasteiger partial charge in [0.25, 0.3) is 0 Å². The van der Waals surface area contributed by atoms with E-state index in [0.717, 1.165) is 17.0 Å². The second-order valence-corrected chi connectivity index (χ2v) is 12.6. The van der Waals surface area contributed by atoms with Crippen LogP contribution in [0.15, 0.2) is 76.7 Å². The predicted molar refractivity (Wildman–Crippen MR) is 143 cm³/mol. The van der Waals surface area contributed by atoms with E-state index in [1.54, 1.807) is 36.4 Å². The third kappa shape index (κ3) is 6.52. The summed E-state index contributed by atoms with van der Waals surface area (Å²) in [6, 6.07) is 18.2. The van der Waals surface area contributed by atoms with Crippen LogP contribution in [-0.4, -0.2) is 76.6 Å².